The summed E-state index contributed by atoms with van der Waals surface area (Å²) in [5, 5.41) is 0. The molecule has 0 aromatic rings. The van der Waals surface area contributed by atoms with Crippen molar-refractivity contribution in [2.75, 3.05) is 26.1 Å². The van der Waals surface area contributed by atoms with Crippen LogP contribution in [0.15, 0.2) is 12.3 Å². The van der Waals surface area contributed by atoms with E-state index in [1.54, 1.807) is 6.26 Å². The van der Waals surface area contributed by atoms with Gasteiger partial charge in [-0.15, -0.1) is 0 Å². The molecule has 0 saturated carbocycles. The van der Waals surface area contributed by atoms with Gasteiger partial charge >= 0.3 is 8.80 Å². The Labute approximate surface area is 99.9 Å². The van der Waals surface area contributed by atoms with E-state index in [-0.39, 0.29) is 0 Å². The monoisotopic (exact) mass is 248 g/mol. The molecule has 0 aliphatic heterocycles. The molecule has 0 fully saturated rings. The fourth-order valence-corrected chi connectivity index (χ4v) is 3.34. The average Bonchev–Trinajstić information content (AvgIpc) is 2.26. The lowest BCUT2D eigenvalue weighted by molar-refractivity contribution is 0.0474. The second kappa shape index (κ2) is 9.83. The fraction of sp³-hybridized carbons (Fsp3) is 0.818. The predicted octanol–water partition coefficient (Wildman–Crippen LogP) is 2.51. The summed E-state index contributed by atoms with van der Waals surface area (Å²) in [6.07, 6.45) is 4.95. The van der Waals surface area contributed by atoms with Crippen molar-refractivity contribution < 1.29 is 18.0 Å². The van der Waals surface area contributed by atoms with Gasteiger partial charge in [-0.05, 0) is 27.2 Å². The van der Waals surface area contributed by atoms with Gasteiger partial charge < -0.3 is 18.0 Å². The van der Waals surface area contributed by atoms with Crippen LogP contribution in [-0.2, 0) is 18.0 Å². The molecule has 0 rings (SSSR count). The zero-order valence-corrected chi connectivity index (χ0v) is 11.8. The third-order valence-corrected chi connectivity index (χ3v) is 4.49. The van der Waals surface area contributed by atoms with Gasteiger partial charge in [-0.3, -0.25) is 0 Å². The van der Waals surface area contributed by atoms with Crippen LogP contribution < -0.4 is 0 Å². The van der Waals surface area contributed by atoms with Gasteiger partial charge in [0.25, 0.3) is 0 Å². The minimum absolute atomic E-state index is 0.374. The number of hydrogen-bond donors (Lipinski definition) is 0. The Morgan fingerprint density at radius 3 is 1.75 bits per heavy atom. The molecule has 16 heavy (non-hydrogen) atoms. The van der Waals surface area contributed by atoms with Crippen LogP contribution in [0, 0.1) is 0 Å². The van der Waals surface area contributed by atoms with Crippen LogP contribution in [0.1, 0.15) is 34.1 Å². The maximum absolute atomic E-state index is 5.63. The molecule has 0 atom stereocenters. The Morgan fingerprint density at radius 2 is 1.38 bits per heavy atom. The Hall–Kier alpha value is -0.363. The molecule has 0 aromatic heterocycles. The van der Waals surface area contributed by atoms with Crippen molar-refractivity contribution in [3.63, 3.8) is 0 Å². The van der Waals surface area contributed by atoms with Gasteiger partial charge in [-0.25, -0.2) is 0 Å². The number of hydrogen-bond acceptors (Lipinski definition) is 4. The second-order valence-electron chi connectivity index (χ2n) is 3.07. The zero-order chi connectivity index (χ0) is 12.3. The first-order valence-electron chi connectivity index (χ1n) is 5.93. The van der Waals surface area contributed by atoms with Crippen LogP contribution in [0.4, 0.5) is 0 Å². The van der Waals surface area contributed by atoms with Crippen LogP contribution in [0.2, 0.25) is 0 Å². The van der Waals surface area contributed by atoms with Crippen LogP contribution in [0.5, 0.6) is 0 Å². The van der Waals surface area contributed by atoms with Crippen molar-refractivity contribution in [2.45, 2.75) is 34.1 Å². The quantitative estimate of drug-likeness (QED) is 0.440. The summed E-state index contributed by atoms with van der Waals surface area (Å²) in [4.78, 5) is 0. The lowest BCUT2D eigenvalue weighted by Gasteiger charge is -2.27. The Morgan fingerprint density at radius 1 is 0.875 bits per heavy atom. The molecule has 0 spiro atoms. The average molecular weight is 248 g/mol. The lowest BCUT2D eigenvalue weighted by Crippen LogP contribution is -2.50. The largest absolute Gasteiger partial charge is 0.540 e. The highest BCUT2D eigenvalue weighted by Gasteiger charge is 2.41. The van der Waals surface area contributed by atoms with Crippen LogP contribution >= 0.6 is 0 Å². The number of rotatable bonds is 10. The van der Waals surface area contributed by atoms with E-state index < -0.39 is 8.80 Å². The molecule has 0 radical (unpaired) electrons. The van der Waals surface area contributed by atoms with Crippen molar-refractivity contribution in [1.29, 1.82) is 0 Å². The lowest BCUT2D eigenvalue weighted by atomic mass is 10.5. The summed E-state index contributed by atoms with van der Waals surface area (Å²) < 4.78 is 22.3. The van der Waals surface area contributed by atoms with Crippen molar-refractivity contribution >= 4 is 8.80 Å². The van der Waals surface area contributed by atoms with Crippen LogP contribution in [0.25, 0.3) is 0 Å². The molecular weight excluding hydrogens is 224 g/mol. The highest BCUT2D eigenvalue weighted by Crippen LogP contribution is 2.10. The fourth-order valence-electron chi connectivity index (χ4n) is 1.22. The number of allylic oxidation sites excluding steroid dienone is 1. The Balaban J connectivity index is 4.28. The van der Waals surface area contributed by atoms with Gasteiger partial charge in [0.2, 0.25) is 0 Å². The highest BCUT2D eigenvalue weighted by molar-refractivity contribution is 6.60. The van der Waals surface area contributed by atoms with Gasteiger partial charge in [0.05, 0.1) is 6.26 Å². The van der Waals surface area contributed by atoms with E-state index in [4.69, 9.17) is 18.0 Å². The third-order valence-electron chi connectivity index (χ3n) is 1.78. The molecule has 0 N–H and O–H groups in total. The van der Waals surface area contributed by atoms with E-state index in [1.165, 1.54) is 0 Å². The van der Waals surface area contributed by atoms with E-state index in [2.05, 4.69) is 6.92 Å². The molecule has 0 saturated heterocycles. The third kappa shape index (κ3) is 6.27. The smallest absolute Gasteiger partial charge is 0.497 e. The normalized spacial score (nSPS) is 12.2. The SMILES string of the molecule is CCC=COC[Si](OCC)(OCC)OCC. The van der Waals surface area contributed by atoms with E-state index in [9.17, 15) is 0 Å². The van der Waals surface area contributed by atoms with Crippen molar-refractivity contribution in [1.82, 2.24) is 0 Å². The molecule has 0 aliphatic rings. The van der Waals surface area contributed by atoms with Gasteiger partial charge in [0.15, 0.2) is 6.23 Å². The molecule has 0 bridgehead atoms. The van der Waals surface area contributed by atoms with Gasteiger partial charge in [0, 0.05) is 19.8 Å². The predicted molar refractivity (Wildman–Crippen MR) is 66.0 cm³/mol. The summed E-state index contributed by atoms with van der Waals surface area (Å²) in [5.41, 5.74) is 0. The van der Waals surface area contributed by atoms with Crippen LogP contribution in [-0.4, -0.2) is 34.9 Å². The molecule has 0 heterocycles. The first kappa shape index (κ1) is 15.6. The maximum Gasteiger partial charge on any atom is 0.540 e. The van der Waals surface area contributed by atoms with E-state index in [0.717, 1.165) is 6.42 Å². The molecule has 96 valence electrons. The second-order valence-corrected chi connectivity index (χ2v) is 5.59. The first-order valence-corrected chi connectivity index (χ1v) is 7.86. The molecule has 0 unspecified atom stereocenters. The highest BCUT2D eigenvalue weighted by atomic mass is 28.4. The Kier molecular flexibility index (Phi) is 9.61. The minimum Gasteiger partial charge on any atom is -0.497 e. The van der Waals surface area contributed by atoms with Gasteiger partial charge in [0.1, 0.15) is 0 Å². The first-order chi connectivity index (χ1) is 7.74. The summed E-state index contributed by atoms with van der Waals surface area (Å²) in [7, 11) is -2.62. The minimum atomic E-state index is -2.62. The molecular formula is C11H24O4Si. The van der Waals surface area contributed by atoms with Crippen molar-refractivity contribution in [2.24, 2.45) is 0 Å². The molecule has 5 heteroatoms. The topological polar surface area (TPSA) is 36.9 Å². The van der Waals surface area contributed by atoms with Gasteiger partial charge in [-0.1, -0.05) is 13.0 Å². The molecule has 0 aliphatic carbocycles. The summed E-state index contributed by atoms with van der Waals surface area (Å²) in [6.45, 7) is 9.58. The van der Waals surface area contributed by atoms with E-state index in [1.807, 2.05) is 26.8 Å². The van der Waals surface area contributed by atoms with Gasteiger partial charge in [-0.2, -0.15) is 0 Å². The van der Waals surface area contributed by atoms with E-state index >= 15 is 0 Å². The van der Waals surface area contributed by atoms with Crippen molar-refractivity contribution in [3.8, 4) is 0 Å². The molecule has 4 nitrogen and oxygen atoms in total. The van der Waals surface area contributed by atoms with Crippen LogP contribution in [0.3, 0.4) is 0 Å². The summed E-state index contributed by atoms with van der Waals surface area (Å²) in [5.74, 6) is 0. The standard InChI is InChI=1S/C11H24O4Si/c1-5-9-10-12-11-16(13-6-2,14-7-3)15-8-4/h9-10H,5-8,11H2,1-4H3. The van der Waals surface area contributed by atoms with E-state index in [0.29, 0.717) is 26.1 Å². The summed E-state index contributed by atoms with van der Waals surface area (Å²) in [6, 6.07) is 0. The zero-order valence-electron chi connectivity index (χ0n) is 10.8. The molecule has 0 aromatic carbocycles. The Bertz CT molecular complexity index is 168. The summed E-state index contributed by atoms with van der Waals surface area (Å²) >= 11 is 0. The van der Waals surface area contributed by atoms with Crippen molar-refractivity contribution in [3.05, 3.63) is 12.3 Å². The number of ether oxygens (including phenoxy) is 1. The maximum atomic E-state index is 5.63. The molecule has 0 amide bonds.